The minimum atomic E-state index is -1.19. The third kappa shape index (κ3) is 3.87. The molecular weight excluding hydrogens is 321 g/mol. The fraction of sp³-hybridized carbons (Fsp3) is 0.250. The molecule has 2 aromatic rings. The van der Waals surface area contributed by atoms with Crippen molar-refractivity contribution in [3.8, 4) is 5.75 Å². The fourth-order valence-electron chi connectivity index (χ4n) is 1.85. The van der Waals surface area contributed by atoms with Crippen LogP contribution in [-0.4, -0.2) is 23.1 Å². The first-order chi connectivity index (χ1) is 10.8. The lowest BCUT2D eigenvalue weighted by molar-refractivity contribution is -0.144. The average molecular weight is 337 g/mol. The summed E-state index contributed by atoms with van der Waals surface area (Å²) in [5.74, 6) is -2.43. The number of ether oxygens (including phenoxy) is 1. The van der Waals surface area contributed by atoms with Crippen molar-refractivity contribution in [3.05, 3.63) is 45.4 Å². The normalized spacial score (nSPS) is 11.8. The summed E-state index contributed by atoms with van der Waals surface area (Å²) in [4.78, 5) is 23.9. The summed E-state index contributed by atoms with van der Waals surface area (Å²) in [5, 5.41) is 13.1. The van der Waals surface area contributed by atoms with E-state index in [2.05, 4.69) is 5.32 Å². The van der Waals surface area contributed by atoms with Crippen molar-refractivity contribution in [1.29, 1.82) is 0 Å². The molecule has 1 aromatic carbocycles. The van der Waals surface area contributed by atoms with Crippen LogP contribution in [0.4, 0.5) is 10.1 Å². The number of hydrogen-bond donors (Lipinski definition) is 2. The van der Waals surface area contributed by atoms with Crippen molar-refractivity contribution >= 4 is 28.9 Å². The molecule has 5 nitrogen and oxygen atoms in total. The number of aliphatic carboxylic acids is 1. The number of hydrogen-bond acceptors (Lipinski definition) is 4. The SMILES string of the molecule is Cc1scc(C(=O)Nc2ccc(OC(C)C(=O)O)c(F)c2)c1C. The Bertz CT molecular complexity index is 757. The fourth-order valence-corrected chi connectivity index (χ4v) is 2.72. The van der Waals surface area contributed by atoms with Crippen LogP contribution < -0.4 is 10.1 Å². The van der Waals surface area contributed by atoms with Crippen molar-refractivity contribution in [3.63, 3.8) is 0 Å². The molecule has 0 aliphatic carbocycles. The first kappa shape index (κ1) is 17.0. The Kier molecular flexibility index (Phi) is 5.00. The van der Waals surface area contributed by atoms with E-state index in [4.69, 9.17) is 9.84 Å². The number of carbonyl (C=O) groups excluding carboxylic acids is 1. The van der Waals surface area contributed by atoms with Gasteiger partial charge in [0.2, 0.25) is 0 Å². The summed E-state index contributed by atoms with van der Waals surface area (Å²) >= 11 is 1.47. The molecule has 0 saturated carbocycles. The molecule has 1 unspecified atom stereocenters. The molecule has 23 heavy (non-hydrogen) atoms. The number of nitrogens with one attached hydrogen (secondary N) is 1. The van der Waals surface area contributed by atoms with Gasteiger partial charge in [0.1, 0.15) is 0 Å². The molecule has 1 heterocycles. The predicted octanol–water partition coefficient (Wildman–Crippen LogP) is 3.61. The third-order valence-electron chi connectivity index (χ3n) is 3.37. The molecule has 0 aliphatic rings. The zero-order valence-corrected chi connectivity index (χ0v) is 13.7. The summed E-state index contributed by atoms with van der Waals surface area (Å²) < 4.78 is 18.9. The predicted molar refractivity (Wildman–Crippen MR) is 85.9 cm³/mol. The van der Waals surface area contributed by atoms with Gasteiger partial charge in [-0.25, -0.2) is 9.18 Å². The van der Waals surface area contributed by atoms with Gasteiger partial charge in [-0.1, -0.05) is 0 Å². The molecule has 1 aromatic heterocycles. The van der Waals surface area contributed by atoms with E-state index >= 15 is 0 Å². The van der Waals surface area contributed by atoms with Crippen LogP contribution in [0.2, 0.25) is 0 Å². The van der Waals surface area contributed by atoms with Gasteiger partial charge in [0.05, 0.1) is 5.56 Å². The number of anilines is 1. The highest BCUT2D eigenvalue weighted by Gasteiger charge is 2.17. The van der Waals surface area contributed by atoms with Crippen molar-refractivity contribution in [1.82, 2.24) is 0 Å². The maximum Gasteiger partial charge on any atom is 0.344 e. The number of carbonyl (C=O) groups is 2. The van der Waals surface area contributed by atoms with Crippen molar-refractivity contribution < 1.29 is 23.8 Å². The molecule has 7 heteroatoms. The number of carboxylic acids is 1. The first-order valence-electron chi connectivity index (χ1n) is 6.84. The molecule has 2 N–H and O–H groups in total. The Hall–Kier alpha value is -2.41. The molecule has 0 spiro atoms. The molecular formula is C16H16FNO4S. The van der Waals surface area contributed by atoms with E-state index in [-0.39, 0.29) is 17.3 Å². The van der Waals surface area contributed by atoms with E-state index < -0.39 is 17.9 Å². The molecule has 2 rings (SSSR count). The van der Waals surface area contributed by atoms with Crippen molar-refractivity contribution in [2.24, 2.45) is 0 Å². The van der Waals surface area contributed by atoms with Crippen LogP contribution in [0.25, 0.3) is 0 Å². The van der Waals surface area contributed by atoms with Crippen LogP contribution in [0.5, 0.6) is 5.75 Å². The summed E-state index contributed by atoms with van der Waals surface area (Å²) in [7, 11) is 0. The highest BCUT2D eigenvalue weighted by atomic mass is 32.1. The van der Waals surface area contributed by atoms with E-state index in [1.165, 1.54) is 30.4 Å². The molecule has 0 fully saturated rings. The highest BCUT2D eigenvalue weighted by Crippen LogP contribution is 2.25. The summed E-state index contributed by atoms with van der Waals surface area (Å²) in [6, 6.07) is 3.84. The van der Waals surface area contributed by atoms with E-state index in [0.29, 0.717) is 5.56 Å². The topological polar surface area (TPSA) is 75.6 Å². The second-order valence-corrected chi connectivity index (χ2v) is 6.11. The zero-order valence-electron chi connectivity index (χ0n) is 12.8. The van der Waals surface area contributed by atoms with Crippen LogP contribution >= 0.6 is 11.3 Å². The number of benzene rings is 1. The Morgan fingerprint density at radius 2 is 2.04 bits per heavy atom. The van der Waals surface area contributed by atoms with Crippen LogP contribution in [0.3, 0.4) is 0 Å². The smallest absolute Gasteiger partial charge is 0.344 e. The van der Waals surface area contributed by atoms with Crippen LogP contribution in [0.15, 0.2) is 23.6 Å². The number of rotatable bonds is 5. The number of amides is 1. The number of thiophene rings is 1. The minimum absolute atomic E-state index is 0.180. The molecule has 1 amide bonds. The second kappa shape index (κ2) is 6.78. The average Bonchev–Trinajstić information content (AvgIpc) is 2.81. The lowest BCUT2D eigenvalue weighted by Crippen LogP contribution is -2.23. The maximum atomic E-state index is 13.9. The Morgan fingerprint density at radius 1 is 1.35 bits per heavy atom. The van der Waals surface area contributed by atoms with E-state index in [1.54, 1.807) is 5.38 Å². The van der Waals surface area contributed by atoms with E-state index in [1.807, 2.05) is 13.8 Å². The lowest BCUT2D eigenvalue weighted by atomic mass is 10.1. The molecule has 0 bridgehead atoms. The quantitative estimate of drug-likeness (QED) is 0.874. The van der Waals surface area contributed by atoms with Gasteiger partial charge in [0.15, 0.2) is 17.7 Å². The van der Waals surface area contributed by atoms with E-state index in [9.17, 15) is 14.0 Å². The summed E-state index contributed by atoms with van der Waals surface area (Å²) in [6.07, 6.45) is -1.17. The van der Waals surface area contributed by atoms with Gasteiger partial charge in [-0.15, -0.1) is 11.3 Å². The summed E-state index contributed by atoms with van der Waals surface area (Å²) in [6.45, 7) is 5.08. The van der Waals surface area contributed by atoms with Gasteiger partial charge in [-0.05, 0) is 38.5 Å². The van der Waals surface area contributed by atoms with Crippen LogP contribution in [0, 0.1) is 19.7 Å². The number of carboxylic acid groups (broad SMARTS) is 1. The minimum Gasteiger partial charge on any atom is -0.479 e. The van der Waals surface area contributed by atoms with Gasteiger partial charge >= 0.3 is 5.97 Å². The molecule has 0 radical (unpaired) electrons. The van der Waals surface area contributed by atoms with Gasteiger partial charge in [0, 0.05) is 22.0 Å². The van der Waals surface area contributed by atoms with E-state index in [0.717, 1.165) is 16.5 Å². The van der Waals surface area contributed by atoms with Crippen molar-refractivity contribution in [2.45, 2.75) is 26.9 Å². The number of halogens is 1. The molecule has 122 valence electrons. The van der Waals surface area contributed by atoms with Crippen LogP contribution in [-0.2, 0) is 4.79 Å². The lowest BCUT2D eigenvalue weighted by Gasteiger charge is -2.12. The Labute approximate surface area is 136 Å². The Morgan fingerprint density at radius 3 is 2.57 bits per heavy atom. The third-order valence-corrected chi connectivity index (χ3v) is 4.38. The monoisotopic (exact) mass is 337 g/mol. The van der Waals surface area contributed by atoms with Crippen molar-refractivity contribution in [2.75, 3.05) is 5.32 Å². The molecule has 0 saturated heterocycles. The summed E-state index contributed by atoms with van der Waals surface area (Å²) in [5.41, 5.74) is 1.71. The molecule has 0 aliphatic heterocycles. The molecule has 1 atom stereocenters. The van der Waals surface area contributed by atoms with Gasteiger partial charge < -0.3 is 15.2 Å². The highest BCUT2D eigenvalue weighted by molar-refractivity contribution is 7.10. The van der Waals surface area contributed by atoms with Gasteiger partial charge in [-0.3, -0.25) is 4.79 Å². The number of aryl methyl sites for hydroxylation is 1. The van der Waals surface area contributed by atoms with Gasteiger partial charge in [-0.2, -0.15) is 0 Å². The Balaban J connectivity index is 2.13. The largest absolute Gasteiger partial charge is 0.479 e. The standard InChI is InChI=1S/C16H16FNO4S/c1-8-10(3)23-7-12(8)15(19)18-11-4-5-14(13(17)6-11)22-9(2)16(20)21/h4-7,9H,1-3H3,(H,18,19)(H,20,21). The second-order valence-electron chi connectivity index (χ2n) is 5.03. The first-order valence-corrected chi connectivity index (χ1v) is 7.72. The zero-order chi connectivity index (χ0) is 17.1. The van der Waals surface area contributed by atoms with Gasteiger partial charge in [0.25, 0.3) is 5.91 Å². The maximum absolute atomic E-state index is 13.9. The van der Waals surface area contributed by atoms with Crippen LogP contribution in [0.1, 0.15) is 27.7 Å².